The van der Waals surface area contributed by atoms with Crippen LogP contribution in [0.15, 0.2) is 24.5 Å². The first kappa shape index (κ1) is 17.9. The Morgan fingerprint density at radius 2 is 1.85 bits per heavy atom. The summed E-state index contributed by atoms with van der Waals surface area (Å²) in [4.78, 5) is 22.3. The standard InChI is InChI=1S/C21H31N3O2/c25-21(17-6-12-23(13-7-17)19-8-14-26-15-9-19)24-11-2-1-5-20(24)18-4-3-10-22-16-18/h3-4,10,16-17,19-20H,1-2,5-9,11-15H2/t20-/m1/s1. The molecule has 4 rings (SSSR count). The van der Waals surface area contributed by atoms with Crippen LogP contribution in [0, 0.1) is 5.92 Å². The van der Waals surface area contributed by atoms with Crippen molar-refractivity contribution in [2.45, 2.75) is 57.0 Å². The number of carbonyl (C=O) groups excluding carboxylic acids is 1. The van der Waals surface area contributed by atoms with Gasteiger partial charge in [0.25, 0.3) is 0 Å². The Morgan fingerprint density at radius 3 is 2.58 bits per heavy atom. The summed E-state index contributed by atoms with van der Waals surface area (Å²) in [5.74, 6) is 0.577. The topological polar surface area (TPSA) is 45.7 Å². The van der Waals surface area contributed by atoms with Crippen molar-refractivity contribution in [3.05, 3.63) is 30.1 Å². The van der Waals surface area contributed by atoms with Crippen LogP contribution in [0.25, 0.3) is 0 Å². The van der Waals surface area contributed by atoms with Crippen LogP contribution in [0.1, 0.15) is 56.6 Å². The van der Waals surface area contributed by atoms with Crippen molar-refractivity contribution in [3.63, 3.8) is 0 Å². The van der Waals surface area contributed by atoms with Crippen LogP contribution in [0.3, 0.4) is 0 Å². The van der Waals surface area contributed by atoms with Crippen LogP contribution in [-0.4, -0.2) is 59.6 Å². The van der Waals surface area contributed by atoms with Gasteiger partial charge in [-0.05, 0) is 69.7 Å². The maximum atomic E-state index is 13.3. The molecule has 0 bridgehead atoms. The predicted molar refractivity (Wildman–Crippen MR) is 101 cm³/mol. The van der Waals surface area contributed by atoms with Gasteiger partial charge < -0.3 is 14.5 Å². The fraction of sp³-hybridized carbons (Fsp3) is 0.714. The Morgan fingerprint density at radius 1 is 1.04 bits per heavy atom. The summed E-state index contributed by atoms with van der Waals surface area (Å²) in [5.41, 5.74) is 1.19. The van der Waals surface area contributed by atoms with Gasteiger partial charge in [-0.25, -0.2) is 0 Å². The molecule has 5 nitrogen and oxygen atoms in total. The van der Waals surface area contributed by atoms with Crippen molar-refractivity contribution in [3.8, 4) is 0 Å². The second-order valence-corrected chi connectivity index (χ2v) is 7.98. The average molecular weight is 357 g/mol. The van der Waals surface area contributed by atoms with Gasteiger partial charge in [0.1, 0.15) is 0 Å². The molecule has 0 N–H and O–H groups in total. The summed E-state index contributed by atoms with van der Waals surface area (Å²) in [7, 11) is 0. The number of rotatable bonds is 3. The Bertz CT molecular complexity index is 580. The third-order valence-corrected chi connectivity index (χ3v) is 6.44. The molecule has 142 valence electrons. The fourth-order valence-electron chi connectivity index (χ4n) is 4.91. The number of hydrogen-bond acceptors (Lipinski definition) is 4. The van der Waals surface area contributed by atoms with E-state index in [0.717, 1.165) is 71.4 Å². The molecule has 3 aliphatic rings. The van der Waals surface area contributed by atoms with Crippen LogP contribution in [0.2, 0.25) is 0 Å². The molecule has 3 fully saturated rings. The van der Waals surface area contributed by atoms with E-state index in [1.807, 2.05) is 18.5 Å². The number of pyridine rings is 1. The van der Waals surface area contributed by atoms with Crippen molar-refractivity contribution < 1.29 is 9.53 Å². The van der Waals surface area contributed by atoms with Crippen LogP contribution < -0.4 is 0 Å². The summed E-state index contributed by atoms with van der Waals surface area (Å²) in [6.07, 6.45) is 11.4. The highest BCUT2D eigenvalue weighted by Gasteiger charge is 2.35. The van der Waals surface area contributed by atoms with E-state index >= 15 is 0 Å². The van der Waals surface area contributed by atoms with E-state index in [2.05, 4.69) is 20.9 Å². The molecule has 0 radical (unpaired) electrons. The summed E-state index contributed by atoms with van der Waals surface area (Å²) in [5, 5.41) is 0. The maximum Gasteiger partial charge on any atom is 0.226 e. The molecule has 4 heterocycles. The predicted octanol–water partition coefficient (Wildman–Crippen LogP) is 3.03. The minimum atomic E-state index is 0.198. The van der Waals surface area contributed by atoms with Gasteiger partial charge >= 0.3 is 0 Å². The number of carbonyl (C=O) groups is 1. The Kier molecular flexibility index (Phi) is 5.85. The molecule has 5 heteroatoms. The van der Waals surface area contributed by atoms with Gasteiger partial charge in [0.15, 0.2) is 0 Å². The van der Waals surface area contributed by atoms with Gasteiger partial charge in [-0.2, -0.15) is 0 Å². The maximum absolute atomic E-state index is 13.3. The molecule has 1 atom stereocenters. The molecule has 0 unspecified atom stereocenters. The third-order valence-electron chi connectivity index (χ3n) is 6.44. The second-order valence-electron chi connectivity index (χ2n) is 7.98. The lowest BCUT2D eigenvalue weighted by atomic mass is 9.90. The van der Waals surface area contributed by atoms with Crippen molar-refractivity contribution in [1.82, 2.24) is 14.8 Å². The zero-order chi connectivity index (χ0) is 17.8. The molecular weight excluding hydrogens is 326 g/mol. The normalized spacial score (nSPS) is 26.8. The number of piperidine rings is 2. The number of likely N-dealkylation sites (tertiary alicyclic amines) is 2. The molecule has 1 amide bonds. The highest BCUT2D eigenvalue weighted by Crippen LogP contribution is 2.33. The fourth-order valence-corrected chi connectivity index (χ4v) is 4.91. The highest BCUT2D eigenvalue weighted by atomic mass is 16.5. The van der Waals surface area contributed by atoms with E-state index < -0.39 is 0 Å². The number of nitrogens with zero attached hydrogens (tertiary/aromatic N) is 3. The molecule has 0 aliphatic carbocycles. The van der Waals surface area contributed by atoms with E-state index in [4.69, 9.17) is 4.74 Å². The smallest absolute Gasteiger partial charge is 0.226 e. The van der Waals surface area contributed by atoms with Gasteiger partial charge in [0.2, 0.25) is 5.91 Å². The number of ether oxygens (including phenoxy) is 1. The monoisotopic (exact) mass is 357 g/mol. The first-order valence-corrected chi connectivity index (χ1v) is 10.3. The van der Waals surface area contributed by atoms with E-state index in [0.29, 0.717) is 11.9 Å². The molecule has 26 heavy (non-hydrogen) atoms. The minimum Gasteiger partial charge on any atom is -0.381 e. The number of hydrogen-bond donors (Lipinski definition) is 0. The van der Waals surface area contributed by atoms with E-state index in [-0.39, 0.29) is 12.0 Å². The van der Waals surface area contributed by atoms with Gasteiger partial charge in [0, 0.05) is 44.1 Å². The van der Waals surface area contributed by atoms with Gasteiger partial charge in [-0.15, -0.1) is 0 Å². The van der Waals surface area contributed by atoms with Gasteiger partial charge in [-0.1, -0.05) is 6.07 Å². The molecule has 3 aliphatic heterocycles. The quantitative estimate of drug-likeness (QED) is 0.834. The Hall–Kier alpha value is -1.46. The largest absolute Gasteiger partial charge is 0.381 e. The van der Waals surface area contributed by atoms with Crippen LogP contribution in [0.4, 0.5) is 0 Å². The molecule has 0 aromatic carbocycles. The lowest BCUT2D eigenvalue weighted by Crippen LogP contribution is -2.48. The lowest BCUT2D eigenvalue weighted by Gasteiger charge is -2.42. The van der Waals surface area contributed by atoms with Gasteiger partial charge in [0.05, 0.1) is 6.04 Å². The number of amides is 1. The van der Waals surface area contributed by atoms with Crippen LogP contribution >= 0.6 is 0 Å². The molecule has 1 aromatic rings. The molecule has 0 spiro atoms. The van der Waals surface area contributed by atoms with Crippen molar-refractivity contribution in [1.29, 1.82) is 0 Å². The SMILES string of the molecule is O=C(C1CCN(C2CCOCC2)CC1)N1CCCC[C@@H]1c1cccnc1. The second kappa shape index (κ2) is 8.49. The summed E-state index contributed by atoms with van der Waals surface area (Å²) >= 11 is 0. The molecule has 1 aromatic heterocycles. The zero-order valence-electron chi connectivity index (χ0n) is 15.7. The van der Waals surface area contributed by atoms with Gasteiger partial charge in [-0.3, -0.25) is 9.78 Å². The van der Waals surface area contributed by atoms with E-state index in [1.165, 1.54) is 12.0 Å². The Balaban J connectivity index is 1.37. The Labute approximate surface area is 156 Å². The zero-order valence-corrected chi connectivity index (χ0v) is 15.7. The van der Waals surface area contributed by atoms with Crippen molar-refractivity contribution >= 4 is 5.91 Å². The average Bonchev–Trinajstić information content (AvgIpc) is 2.75. The summed E-state index contributed by atoms with van der Waals surface area (Å²) < 4.78 is 5.49. The summed E-state index contributed by atoms with van der Waals surface area (Å²) in [6.45, 7) is 4.81. The lowest BCUT2D eigenvalue weighted by molar-refractivity contribution is -0.141. The summed E-state index contributed by atoms with van der Waals surface area (Å²) in [6, 6.07) is 4.99. The molecule has 3 saturated heterocycles. The van der Waals surface area contributed by atoms with Crippen molar-refractivity contribution in [2.75, 3.05) is 32.8 Å². The van der Waals surface area contributed by atoms with Crippen LogP contribution in [-0.2, 0) is 9.53 Å². The first-order chi connectivity index (χ1) is 12.8. The van der Waals surface area contributed by atoms with E-state index in [9.17, 15) is 4.79 Å². The van der Waals surface area contributed by atoms with Crippen molar-refractivity contribution in [2.24, 2.45) is 5.92 Å². The number of aromatic nitrogens is 1. The first-order valence-electron chi connectivity index (χ1n) is 10.3. The molecule has 0 saturated carbocycles. The third kappa shape index (κ3) is 3.94. The highest BCUT2D eigenvalue weighted by molar-refractivity contribution is 5.79. The minimum absolute atomic E-state index is 0.198. The molecular formula is C21H31N3O2. The van der Waals surface area contributed by atoms with Crippen LogP contribution in [0.5, 0.6) is 0 Å². The van der Waals surface area contributed by atoms with E-state index in [1.54, 1.807) is 0 Å².